The van der Waals surface area contributed by atoms with Crippen LogP contribution in [-0.4, -0.2) is 10.9 Å². The molecule has 0 unspecified atom stereocenters. The number of nitrogens with one attached hydrogen (secondary N) is 1. The van der Waals surface area contributed by atoms with Gasteiger partial charge in [-0.3, -0.25) is 4.79 Å². The molecule has 1 heterocycles. The topological polar surface area (TPSA) is 68.0 Å². The molecule has 1 aromatic heterocycles. The molecule has 0 aliphatic heterocycles. The summed E-state index contributed by atoms with van der Waals surface area (Å²) in [7, 11) is 0. The molecule has 1 amide bonds. The van der Waals surface area contributed by atoms with Gasteiger partial charge in [-0.1, -0.05) is 40.6 Å². The summed E-state index contributed by atoms with van der Waals surface area (Å²) in [6, 6.07) is 10.9. The van der Waals surface area contributed by atoms with Gasteiger partial charge in [-0.05, 0) is 31.2 Å². The van der Waals surface area contributed by atoms with Gasteiger partial charge in [0.05, 0.1) is 9.72 Å². The maximum atomic E-state index is 12.2. The third kappa shape index (κ3) is 2.84. The van der Waals surface area contributed by atoms with E-state index in [2.05, 4.69) is 10.3 Å². The van der Waals surface area contributed by atoms with Crippen molar-refractivity contribution in [1.29, 1.82) is 0 Å². The number of anilines is 2. The molecule has 0 spiro atoms. The van der Waals surface area contributed by atoms with E-state index in [9.17, 15) is 4.79 Å². The van der Waals surface area contributed by atoms with Gasteiger partial charge in [0.15, 0.2) is 5.13 Å². The number of carbonyl (C=O) groups excluding carboxylic acids is 1. The molecule has 3 rings (SSSR count). The van der Waals surface area contributed by atoms with Crippen molar-refractivity contribution >= 4 is 49.9 Å². The monoisotopic (exact) mass is 317 g/mol. The Labute approximate surface area is 130 Å². The highest BCUT2D eigenvalue weighted by Crippen LogP contribution is 2.32. The number of nitrogens with two attached hydrogens (primary N) is 1. The molecule has 4 nitrogen and oxygen atoms in total. The van der Waals surface area contributed by atoms with Crippen molar-refractivity contribution in [3.63, 3.8) is 0 Å². The first-order valence-electron chi connectivity index (χ1n) is 6.26. The molecule has 0 aliphatic rings. The van der Waals surface area contributed by atoms with Gasteiger partial charge in [0.1, 0.15) is 5.52 Å². The summed E-state index contributed by atoms with van der Waals surface area (Å²) in [5, 5.41) is 3.76. The number of carbonyl (C=O) groups is 1. The SMILES string of the molecule is Cc1ccc(C(=O)Nc2cc(Cl)c3nc(N)sc3c2)cc1. The Morgan fingerprint density at radius 2 is 2.00 bits per heavy atom. The van der Waals surface area contributed by atoms with E-state index in [1.807, 2.05) is 25.1 Å². The minimum Gasteiger partial charge on any atom is -0.375 e. The lowest BCUT2D eigenvalue weighted by atomic mass is 10.1. The van der Waals surface area contributed by atoms with Gasteiger partial charge in [0.25, 0.3) is 5.91 Å². The Hall–Kier alpha value is -2.11. The third-order valence-corrected chi connectivity index (χ3v) is 4.16. The number of aromatic nitrogens is 1. The minimum absolute atomic E-state index is 0.178. The predicted octanol–water partition coefficient (Wildman–Crippen LogP) is 4.09. The second kappa shape index (κ2) is 5.35. The van der Waals surface area contributed by atoms with Crippen LogP contribution < -0.4 is 11.1 Å². The molecular weight excluding hydrogens is 306 g/mol. The van der Waals surface area contributed by atoms with Gasteiger partial charge < -0.3 is 11.1 Å². The lowest BCUT2D eigenvalue weighted by molar-refractivity contribution is 0.102. The molecule has 2 aromatic carbocycles. The molecule has 3 N–H and O–H groups in total. The number of hydrogen-bond donors (Lipinski definition) is 2. The summed E-state index contributed by atoms with van der Waals surface area (Å²) < 4.78 is 0.846. The van der Waals surface area contributed by atoms with E-state index in [0.29, 0.717) is 26.9 Å². The van der Waals surface area contributed by atoms with E-state index in [4.69, 9.17) is 17.3 Å². The fourth-order valence-electron chi connectivity index (χ4n) is 1.99. The van der Waals surface area contributed by atoms with E-state index in [1.165, 1.54) is 11.3 Å². The second-order valence-electron chi connectivity index (χ2n) is 4.68. The summed E-state index contributed by atoms with van der Waals surface area (Å²) in [5.74, 6) is -0.178. The number of aryl methyl sites for hydroxylation is 1. The van der Waals surface area contributed by atoms with Crippen LogP contribution in [0.5, 0.6) is 0 Å². The Kier molecular flexibility index (Phi) is 3.53. The molecule has 106 valence electrons. The average Bonchev–Trinajstić information content (AvgIpc) is 2.80. The molecule has 0 atom stereocenters. The van der Waals surface area contributed by atoms with Crippen LogP contribution in [-0.2, 0) is 0 Å². The first-order chi connectivity index (χ1) is 10.0. The lowest BCUT2D eigenvalue weighted by Crippen LogP contribution is -2.11. The number of fused-ring (bicyclic) bond motifs is 1. The van der Waals surface area contributed by atoms with Gasteiger partial charge in [-0.15, -0.1) is 0 Å². The Bertz CT molecular complexity index is 827. The van der Waals surface area contributed by atoms with Crippen molar-refractivity contribution in [2.45, 2.75) is 6.92 Å². The fourth-order valence-corrected chi connectivity index (χ4v) is 3.10. The molecule has 0 saturated heterocycles. The summed E-state index contributed by atoms with van der Waals surface area (Å²) in [6.07, 6.45) is 0. The van der Waals surface area contributed by atoms with Crippen LogP contribution >= 0.6 is 22.9 Å². The van der Waals surface area contributed by atoms with Crippen LogP contribution in [0.15, 0.2) is 36.4 Å². The maximum Gasteiger partial charge on any atom is 0.255 e. The molecule has 6 heteroatoms. The van der Waals surface area contributed by atoms with Crippen LogP contribution in [0, 0.1) is 6.92 Å². The van der Waals surface area contributed by atoms with Gasteiger partial charge in [0, 0.05) is 11.3 Å². The van der Waals surface area contributed by atoms with Crippen molar-refractivity contribution in [2.24, 2.45) is 0 Å². The van der Waals surface area contributed by atoms with Crippen LogP contribution in [0.4, 0.5) is 10.8 Å². The standard InChI is InChI=1S/C15H12ClN3OS/c1-8-2-4-9(5-3-8)14(20)18-10-6-11(16)13-12(7-10)21-15(17)19-13/h2-7H,1H3,(H2,17,19)(H,18,20). The summed E-state index contributed by atoms with van der Waals surface area (Å²) in [5.41, 5.74) is 8.67. The van der Waals surface area contributed by atoms with Gasteiger partial charge in [-0.25, -0.2) is 4.98 Å². The summed E-state index contributed by atoms with van der Waals surface area (Å²) in [4.78, 5) is 16.3. The Balaban J connectivity index is 1.90. The van der Waals surface area contributed by atoms with Crippen molar-refractivity contribution in [3.05, 3.63) is 52.5 Å². The first kappa shape index (κ1) is 13.9. The maximum absolute atomic E-state index is 12.2. The van der Waals surface area contributed by atoms with E-state index < -0.39 is 0 Å². The highest BCUT2D eigenvalue weighted by molar-refractivity contribution is 7.22. The van der Waals surface area contributed by atoms with Gasteiger partial charge >= 0.3 is 0 Å². The molecular formula is C15H12ClN3OS. The lowest BCUT2D eigenvalue weighted by Gasteiger charge is -2.06. The number of halogens is 1. The Morgan fingerprint density at radius 3 is 2.71 bits per heavy atom. The summed E-state index contributed by atoms with van der Waals surface area (Å²) in [6.45, 7) is 1.98. The smallest absolute Gasteiger partial charge is 0.255 e. The van der Waals surface area contributed by atoms with E-state index in [1.54, 1.807) is 18.2 Å². The fraction of sp³-hybridized carbons (Fsp3) is 0.0667. The highest BCUT2D eigenvalue weighted by Gasteiger charge is 2.10. The molecule has 21 heavy (non-hydrogen) atoms. The Morgan fingerprint density at radius 1 is 1.29 bits per heavy atom. The van der Waals surface area contributed by atoms with E-state index in [-0.39, 0.29) is 5.91 Å². The summed E-state index contributed by atoms with van der Waals surface area (Å²) >= 11 is 7.50. The van der Waals surface area contributed by atoms with Crippen LogP contribution in [0.3, 0.4) is 0 Å². The van der Waals surface area contributed by atoms with Crippen molar-refractivity contribution in [2.75, 3.05) is 11.1 Å². The number of amides is 1. The zero-order valence-electron chi connectivity index (χ0n) is 11.2. The van der Waals surface area contributed by atoms with Crippen LogP contribution in [0.25, 0.3) is 10.2 Å². The molecule has 0 fully saturated rings. The normalized spacial score (nSPS) is 10.8. The number of benzene rings is 2. The number of nitrogen functional groups attached to an aromatic ring is 1. The predicted molar refractivity (Wildman–Crippen MR) is 88.2 cm³/mol. The largest absolute Gasteiger partial charge is 0.375 e. The quantitative estimate of drug-likeness (QED) is 0.748. The number of rotatable bonds is 2. The highest BCUT2D eigenvalue weighted by atomic mass is 35.5. The molecule has 0 radical (unpaired) electrons. The first-order valence-corrected chi connectivity index (χ1v) is 7.46. The molecule has 0 aliphatic carbocycles. The average molecular weight is 318 g/mol. The minimum atomic E-state index is -0.178. The number of nitrogens with zero attached hydrogens (tertiary/aromatic N) is 1. The van der Waals surface area contributed by atoms with E-state index >= 15 is 0 Å². The van der Waals surface area contributed by atoms with E-state index in [0.717, 1.165) is 10.3 Å². The molecule has 3 aromatic rings. The second-order valence-corrected chi connectivity index (χ2v) is 6.15. The van der Waals surface area contributed by atoms with Crippen LogP contribution in [0.1, 0.15) is 15.9 Å². The molecule has 0 bridgehead atoms. The van der Waals surface area contributed by atoms with Crippen molar-refractivity contribution < 1.29 is 4.79 Å². The number of thiazole rings is 1. The number of hydrogen-bond acceptors (Lipinski definition) is 4. The zero-order valence-corrected chi connectivity index (χ0v) is 12.8. The van der Waals surface area contributed by atoms with Crippen molar-refractivity contribution in [1.82, 2.24) is 4.98 Å². The van der Waals surface area contributed by atoms with Crippen LogP contribution in [0.2, 0.25) is 5.02 Å². The van der Waals surface area contributed by atoms with Gasteiger partial charge in [0.2, 0.25) is 0 Å². The zero-order chi connectivity index (χ0) is 15.0. The molecule has 0 saturated carbocycles. The van der Waals surface area contributed by atoms with Crippen molar-refractivity contribution in [3.8, 4) is 0 Å². The van der Waals surface area contributed by atoms with Gasteiger partial charge in [-0.2, -0.15) is 0 Å². The third-order valence-electron chi connectivity index (χ3n) is 3.04.